The van der Waals surface area contributed by atoms with Crippen LogP contribution in [0, 0.1) is 11.8 Å². The molecule has 0 saturated heterocycles. The van der Waals surface area contributed by atoms with Crippen LogP contribution >= 0.6 is 0 Å². The van der Waals surface area contributed by atoms with E-state index in [0.29, 0.717) is 23.3 Å². The molecule has 4 nitrogen and oxygen atoms in total. The molecule has 0 aromatic heterocycles. The molecular formula is C9H16B2O4. The summed E-state index contributed by atoms with van der Waals surface area (Å²) in [6, 6.07) is 0. The third kappa shape index (κ3) is 3.21. The Morgan fingerprint density at radius 2 is 1.80 bits per heavy atom. The van der Waals surface area contributed by atoms with Gasteiger partial charge in [-0.3, -0.25) is 0 Å². The second-order valence-electron chi connectivity index (χ2n) is 4.25. The lowest BCUT2D eigenvalue weighted by atomic mass is 9.63. The van der Waals surface area contributed by atoms with E-state index in [0.717, 1.165) is 0 Å². The molecule has 1 aliphatic carbocycles. The van der Waals surface area contributed by atoms with Gasteiger partial charge in [-0.15, -0.1) is 0 Å². The Labute approximate surface area is 90.2 Å². The maximum Gasteiger partial charge on any atom is 0.488 e. The number of hydrogen-bond donors (Lipinski definition) is 4. The summed E-state index contributed by atoms with van der Waals surface area (Å²) in [4.78, 5) is 0. The van der Waals surface area contributed by atoms with Crippen molar-refractivity contribution in [2.24, 2.45) is 11.8 Å². The molecule has 0 aromatic rings. The molecular weight excluding hydrogens is 194 g/mol. The fourth-order valence-corrected chi connectivity index (χ4v) is 1.67. The fourth-order valence-electron chi connectivity index (χ4n) is 1.67. The molecule has 15 heavy (non-hydrogen) atoms. The zero-order valence-corrected chi connectivity index (χ0v) is 8.96. The van der Waals surface area contributed by atoms with Gasteiger partial charge in [0.1, 0.15) is 0 Å². The normalized spacial score (nSPS) is 21.1. The van der Waals surface area contributed by atoms with Crippen LogP contribution in [-0.4, -0.2) is 34.3 Å². The Morgan fingerprint density at radius 3 is 2.20 bits per heavy atom. The monoisotopic (exact) mass is 210 g/mol. The first kappa shape index (κ1) is 12.5. The fraction of sp³-hybridized carbons (Fsp3) is 0.556. The minimum atomic E-state index is -1.56. The maximum atomic E-state index is 9.07. The zero-order valence-electron chi connectivity index (χ0n) is 8.96. The highest BCUT2D eigenvalue weighted by Crippen LogP contribution is 2.29. The zero-order chi connectivity index (χ0) is 11.6. The Bertz CT molecular complexity index is 284. The molecule has 0 spiro atoms. The van der Waals surface area contributed by atoms with Gasteiger partial charge in [-0.1, -0.05) is 26.0 Å². The summed E-state index contributed by atoms with van der Waals surface area (Å²) in [6.45, 7) is 4.02. The van der Waals surface area contributed by atoms with Gasteiger partial charge in [0, 0.05) is 0 Å². The molecule has 82 valence electrons. The van der Waals surface area contributed by atoms with Crippen molar-refractivity contribution in [2.75, 3.05) is 0 Å². The molecule has 1 rings (SSSR count). The van der Waals surface area contributed by atoms with Gasteiger partial charge in [0.25, 0.3) is 0 Å². The van der Waals surface area contributed by atoms with Crippen molar-refractivity contribution in [1.82, 2.24) is 0 Å². The molecule has 1 aliphatic rings. The second-order valence-corrected chi connectivity index (χ2v) is 4.25. The quantitative estimate of drug-likeness (QED) is 0.475. The van der Waals surface area contributed by atoms with Crippen LogP contribution in [0.1, 0.15) is 20.3 Å². The van der Waals surface area contributed by atoms with Crippen LogP contribution in [-0.2, 0) is 0 Å². The topological polar surface area (TPSA) is 80.9 Å². The van der Waals surface area contributed by atoms with Crippen molar-refractivity contribution in [3.63, 3.8) is 0 Å². The van der Waals surface area contributed by atoms with Crippen LogP contribution in [0.5, 0.6) is 0 Å². The minimum Gasteiger partial charge on any atom is -0.423 e. The Hall–Kier alpha value is -0.550. The summed E-state index contributed by atoms with van der Waals surface area (Å²) in [6.07, 6.45) is 3.76. The van der Waals surface area contributed by atoms with Gasteiger partial charge in [-0.05, 0) is 29.2 Å². The third-order valence-corrected chi connectivity index (χ3v) is 2.72. The van der Waals surface area contributed by atoms with Crippen molar-refractivity contribution in [3.8, 4) is 0 Å². The SMILES string of the molecule is CC(C)C1C=C(B(O)O)C=C(B(O)O)C1. The van der Waals surface area contributed by atoms with E-state index in [-0.39, 0.29) is 5.92 Å². The first-order valence-corrected chi connectivity index (χ1v) is 5.06. The highest BCUT2D eigenvalue weighted by molar-refractivity contribution is 6.54. The van der Waals surface area contributed by atoms with E-state index < -0.39 is 14.2 Å². The third-order valence-electron chi connectivity index (χ3n) is 2.72. The first-order valence-electron chi connectivity index (χ1n) is 5.06. The van der Waals surface area contributed by atoms with Crippen LogP contribution in [0.4, 0.5) is 0 Å². The van der Waals surface area contributed by atoms with E-state index in [9.17, 15) is 0 Å². The summed E-state index contributed by atoms with van der Waals surface area (Å²) in [5.74, 6) is 0.435. The largest absolute Gasteiger partial charge is 0.488 e. The van der Waals surface area contributed by atoms with Crippen LogP contribution in [0.25, 0.3) is 0 Å². The molecule has 0 aromatic carbocycles. The van der Waals surface area contributed by atoms with Crippen molar-refractivity contribution >= 4 is 14.2 Å². The van der Waals surface area contributed by atoms with Crippen molar-refractivity contribution in [2.45, 2.75) is 20.3 Å². The molecule has 0 radical (unpaired) electrons. The minimum absolute atomic E-state index is 0.114. The Kier molecular flexibility index (Phi) is 4.16. The van der Waals surface area contributed by atoms with E-state index in [2.05, 4.69) is 0 Å². The Balaban J connectivity index is 2.92. The summed E-state index contributed by atoms with van der Waals surface area (Å²) >= 11 is 0. The van der Waals surface area contributed by atoms with Gasteiger partial charge >= 0.3 is 14.2 Å². The molecule has 1 atom stereocenters. The smallest absolute Gasteiger partial charge is 0.423 e. The summed E-state index contributed by atoms with van der Waals surface area (Å²) in [7, 11) is -3.08. The molecule has 0 fully saturated rings. The molecule has 1 unspecified atom stereocenters. The maximum absolute atomic E-state index is 9.07. The van der Waals surface area contributed by atoms with Gasteiger partial charge in [0.2, 0.25) is 0 Å². The van der Waals surface area contributed by atoms with Crippen LogP contribution in [0.15, 0.2) is 23.1 Å². The van der Waals surface area contributed by atoms with E-state index in [1.54, 1.807) is 6.08 Å². The van der Waals surface area contributed by atoms with E-state index >= 15 is 0 Å². The molecule has 0 saturated carbocycles. The highest BCUT2D eigenvalue weighted by Gasteiger charge is 2.27. The van der Waals surface area contributed by atoms with Crippen LogP contribution in [0.2, 0.25) is 0 Å². The molecule has 0 amide bonds. The molecule has 0 heterocycles. The molecule has 0 bridgehead atoms. The lowest BCUT2D eigenvalue weighted by Crippen LogP contribution is -2.26. The lowest BCUT2D eigenvalue weighted by Gasteiger charge is -2.24. The van der Waals surface area contributed by atoms with Crippen LogP contribution < -0.4 is 0 Å². The van der Waals surface area contributed by atoms with Crippen LogP contribution in [0.3, 0.4) is 0 Å². The van der Waals surface area contributed by atoms with Crippen molar-refractivity contribution in [1.29, 1.82) is 0 Å². The lowest BCUT2D eigenvalue weighted by molar-refractivity contribution is 0.398. The number of rotatable bonds is 3. The van der Waals surface area contributed by atoms with Crippen molar-refractivity contribution < 1.29 is 20.1 Å². The predicted octanol–water partition coefficient (Wildman–Crippen LogP) is -0.461. The Morgan fingerprint density at radius 1 is 1.20 bits per heavy atom. The van der Waals surface area contributed by atoms with Gasteiger partial charge in [0.15, 0.2) is 0 Å². The number of hydrogen-bond acceptors (Lipinski definition) is 4. The first-order chi connectivity index (χ1) is 6.91. The van der Waals surface area contributed by atoms with E-state index in [1.807, 2.05) is 13.8 Å². The molecule has 0 aliphatic heterocycles. The second kappa shape index (κ2) is 4.99. The van der Waals surface area contributed by atoms with Gasteiger partial charge in [-0.2, -0.15) is 0 Å². The van der Waals surface area contributed by atoms with Gasteiger partial charge < -0.3 is 20.1 Å². The molecule has 6 heteroatoms. The standard InChI is InChI=1S/C9H16B2O4/c1-6(2)7-3-8(10(12)13)5-9(4-7)11(14)15/h3,5-7,12-15H,4H2,1-2H3. The van der Waals surface area contributed by atoms with E-state index in [1.165, 1.54) is 6.08 Å². The summed E-state index contributed by atoms with van der Waals surface area (Å²) in [5.41, 5.74) is 0.766. The average Bonchev–Trinajstić information content (AvgIpc) is 2.16. The van der Waals surface area contributed by atoms with Gasteiger partial charge in [-0.25, -0.2) is 0 Å². The number of allylic oxidation sites excluding steroid dienone is 4. The average molecular weight is 210 g/mol. The summed E-state index contributed by atoms with van der Waals surface area (Å²) < 4.78 is 0. The summed E-state index contributed by atoms with van der Waals surface area (Å²) in [5, 5.41) is 36.3. The van der Waals surface area contributed by atoms with E-state index in [4.69, 9.17) is 20.1 Å². The predicted molar refractivity (Wildman–Crippen MR) is 59.5 cm³/mol. The highest BCUT2D eigenvalue weighted by atomic mass is 16.4. The van der Waals surface area contributed by atoms with Crippen molar-refractivity contribution in [3.05, 3.63) is 23.1 Å². The molecule has 4 N–H and O–H groups in total. The van der Waals surface area contributed by atoms with Gasteiger partial charge in [0.05, 0.1) is 0 Å².